The smallest absolute Gasteiger partial charge is 0.344 e. The Kier molecular flexibility index (Phi) is 6.22. The number of nitrogens with zero attached hydrogens (tertiary/aromatic N) is 2. The quantitative estimate of drug-likeness (QED) is 0.527. The van der Waals surface area contributed by atoms with E-state index >= 15 is 0 Å². The summed E-state index contributed by atoms with van der Waals surface area (Å²) >= 11 is 0. The van der Waals surface area contributed by atoms with Gasteiger partial charge in [0.15, 0.2) is 0 Å². The van der Waals surface area contributed by atoms with Crippen LogP contribution in [0.15, 0.2) is 0 Å². The summed E-state index contributed by atoms with van der Waals surface area (Å²) in [4.78, 5) is 51.3. The van der Waals surface area contributed by atoms with E-state index in [9.17, 15) is 19.2 Å². The molecule has 0 radical (unpaired) electrons. The zero-order chi connectivity index (χ0) is 20.3. The Bertz CT molecular complexity index is 644. The van der Waals surface area contributed by atoms with Crippen LogP contribution in [0.25, 0.3) is 0 Å². The third kappa shape index (κ3) is 4.29. The molecule has 0 bridgehead atoms. The van der Waals surface area contributed by atoms with Gasteiger partial charge in [-0.05, 0) is 57.9 Å². The first kappa shape index (κ1) is 20.6. The molecule has 9 nitrogen and oxygen atoms in total. The topological polar surface area (TPSA) is 108 Å². The minimum Gasteiger partial charge on any atom is -0.466 e. The highest BCUT2D eigenvalue weighted by Crippen LogP contribution is 2.35. The van der Waals surface area contributed by atoms with Gasteiger partial charge in [-0.3, -0.25) is 24.7 Å². The number of imide groups is 1. The van der Waals surface area contributed by atoms with Crippen LogP contribution in [0, 0.1) is 11.8 Å². The van der Waals surface area contributed by atoms with Crippen molar-refractivity contribution in [1.82, 2.24) is 20.7 Å². The van der Waals surface area contributed by atoms with Crippen molar-refractivity contribution in [3.05, 3.63) is 0 Å². The molecule has 9 heteroatoms. The monoisotopic (exact) mass is 394 g/mol. The van der Waals surface area contributed by atoms with E-state index in [1.165, 1.54) is 0 Å². The Morgan fingerprint density at radius 2 is 1.96 bits per heavy atom. The van der Waals surface area contributed by atoms with E-state index in [1.54, 1.807) is 6.92 Å². The Morgan fingerprint density at radius 1 is 1.25 bits per heavy atom. The lowest BCUT2D eigenvalue weighted by molar-refractivity contribution is -0.150. The van der Waals surface area contributed by atoms with Crippen LogP contribution < -0.4 is 10.7 Å². The van der Waals surface area contributed by atoms with Crippen molar-refractivity contribution in [1.29, 1.82) is 0 Å². The van der Waals surface area contributed by atoms with Gasteiger partial charge in [0.05, 0.1) is 19.1 Å². The number of urea groups is 1. The lowest BCUT2D eigenvalue weighted by atomic mass is 9.77. The summed E-state index contributed by atoms with van der Waals surface area (Å²) in [6, 6.07) is -0.573. The van der Waals surface area contributed by atoms with Crippen LogP contribution in [0.1, 0.15) is 52.4 Å². The van der Waals surface area contributed by atoms with Crippen LogP contribution in [0.4, 0.5) is 4.79 Å². The number of esters is 1. The summed E-state index contributed by atoms with van der Waals surface area (Å²) in [6.07, 6.45) is 4.47. The molecule has 1 spiro atoms. The Morgan fingerprint density at radius 3 is 2.64 bits per heavy atom. The molecule has 2 saturated heterocycles. The van der Waals surface area contributed by atoms with Gasteiger partial charge in [-0.25, -0.2) is 4.79 Å². The molecular formula is C19H30N4O5. The number of nitrogens with one attached hydrogen (secondary N) is 2. The van der Waals surface area contributed by atoms with Gasteiger partial charge in [0, 0.05) is 6.54 Å². The molecule has 156 valence electrons. The molecule has 28 heavy (non-hydrogen) atoms. The maximum atomic E-state index is 12.8. The number of hydrogen-bond donors (Lipinski definition) is 2. The van der Waals surface area contributed by atoms with Crippen LogP contribution in [-0.4, -0.2) is 65.5 Å². The summed E-state index contributed by atoms with van der Waals surface area (Å²) in [5.74, 6) is -0.763. The van der Waals surface area contributed by atoms with Gasteiger partial charge in [0.2, 0.25) is 0 Å². The van der Waals surface area contributed by atoms with E-state index in [0.29, 0.717) is 38.5 Å². The van der Waals surface area contributed by atoms with Crippen molar-refractivity contribution < 1.29 is 23.9 Å². The fourth-order valence-electron chi connectivity index (χ4n) is 4.33. The lowest BCUT2D eigenvalue weighted by Crippen LogP contribution is -2.53. The maximum absolute atomic E-state index is 12.8. The fraction of sp³-hybridized carbons (Fsp3) is 0.789. The van der Waals surface area contributed by atoms with Gasteiger partial charge in [-0.15, -0.1) is 0 Å². The molecule has 1 atom stereocenters. The Hall–Kier alpha value is -2.16. The second-order valence-corrected chi connectivity index (χ2v) is 8.20. The number of hydrazine groups is 1. The third-order valence-electron chi connectivity index (χ3n) is 6.02. The van der Waals surface area contributed by atoms with Gasteiger partial charge in [0.25, 0.3) is 11.8 Å². The fourth-order valence-corrected chi connectivity index (χ4v) is 4.33. The van der Waals surface area contributed by atoms with Gasteiger partial charge < -0.3 is 10.1 Å². The van der Waals surface area contributed by atoms with Gasteiger partial charge in [-0.2, -0.15) is 5.01 Å². The van der Waals surface area contributed by atoms with E-state index in [1.807, 2.05) is 4.90 Å². The molecule has 2 N–H and O–H groups in total. The van der Waals surface area contributed by atoms with E-state index in [2.05, 4.69) is 17.7 Å². The maximum Gasteiger partial charge on any atom is 0.344 e. The molecule has 2 heterocycles. The van der Waals surface area contributed by atoms with Crippen molar-refractivity contribution in [3.63, 3.8) is 0 Å². The molecule has 1 saturated carbocycles. The van der Waals surface area contributed by atoms with Gasteiger partial charge in [-0.1, -0.05) is 6.92 Å². The Labute approximate surface area is 165 Å². The summed E-state index contributed by atoms with van der Waals surface area (Å²) in [5.41, 5.74) is 1.57. The van der Waals surface area contributed by atoms with Crippen LogP contribution in [0.3, 0.4) is 0 Å². The summed E-state index contributed by atoms with van der Waals surface area (Å²) in [7, 11) is 0. The van der Waals surface area contributed by atoms with Crippen molar-refractivity contribution in [2.24, 2.45) is 11.8 Å². The van der Waals surface area contributed by atoms with Crippen molar-refractivity contribution in [2.75, 3.05) is 26.2 Å². The minimum absolute atomic E-state index is 0.0248. The van der Waals surface area contributed by atoms with E-state index < -0.39 is 17.5 Å². The van der Waals surface area contributed by atoms with Crippen molar-refractivity contribution >= 4 is 23.8 Å². The van der Waals surface area contributed by atoms with E-state index in [0.717, 1.165) is 30.7 Å². The minimum atomic E-state index is -0.878. The van der Waals surface area contributed by atoms with Gasteiger partial charge >= 0.3 is 12.0 Å². The number of hydrogen-bond acceptors (Lipinski definition) is 6. The SMILES string of the molecule is CCOC(=O)[C@@H]1CCCN(CC(=O)NN2C(=O)NC3(CCC(C)CC3)C2=O)C1. The van der Waals surface area contributed by atoms with Crippen LogP contribution in [0.2, 0.25) is 0 Å². The van der Waals surface area contributed by atoms with E-state index in [-0.39, 0.29) is 24.3 Å². The van der Waals surface area contributed by atoms with Crippen LogP contribution >= 0.6 is 0 Å². The Balaban J connectivity index is 1.54. The van der Waals surface area contributed by atoms with Crippen molar-refractivity contribution in [2.45, 2.75) is 57.9 Å². The molecule has 3 rings (SSSR count). The second-order valence-electron chi connectivity index (χ2n) is 8.20. The predicted molar refractivity (Wildman–Crippen MR) is 99.7 cm³/mol. The second kappa shape index (κ2) is 8.46. The first-order valence-corrected chi connectivity index (χ1v) is 10.2. The first-order valence-electron chi connectivity index (χ1n) is 10.2. The molecule has 2 aliphatic heterocycles. The average Bonchev–Trinajstić information content (AvgIpc) is 2.89. The number of piperidine rings is 1. The molecule has 3 fully saturated rings. The normalized spacial score (nSPS) is 31.0. The molecule has 4 amide bonds. The molecule has 0 aromatic heterocycles. The molecule has 0 aromatic carbocycles. The van der Waals surface area contributed by atoms with E-state index in [4.69, 9.17) is 4.74 Å². The average molecular weight is 394 g/mol. The summed E-state index contributed by atoms with van der Waals surface area (Å²) in [6.45, 7) is 5.39. The summed E-state index contributed by atoms with van der Waals surface area (Å²) in [5, 5.41) is 3.61. The number of likely N-dealkylation sites (tertiary alicyclic amines) is 1. The molecular weight excluding hydrogens is 364 g/mol. The molecule has 0 aromatic rings. The predicted octanol–water partition coefficient (Wildman–Crippen LogP) is 0.793. The highest BCUT2D eigenvalue weighted by molar-refractivity contribution is 6.08. The van der Waals surface area contributed by atoms with Crippen LogP contribution in [-0.2, 0) is 19.1 Å². The lowest BCUT2D eigenvalue weighted by Gasteiger charge is -2.33. The third-order valence-corrected chi connectivity index (χ3v) is 6.02. The van der Waals surface area contributed by atoms with Gasteiger partial charge in [0.1, 0.15) is 5.54 Å². The zero-order valence-corrected chi connectivity index (χ0v) is 16.7. The van der Waals surface area contributed by atoms with Crippen molar-refractivity contribution in [3.8, 4) is 0 Å². The molecule has 0 unspecified atom stereocenters. The largest absolute Gasteiger partial charge is 0.466 e. The highest BCUT2D eigenvalue weighted by Gasteiger charge is 2.52. The number of carbonyl (C=O) groups is 4. The standard InChI is InChI=1S/C19H30N4O5/c1-3-28-16(25)14-5-4-10-22(11-14)12-15(24)21-23-17(26)19(20-18(23)27)8-6-13(2)7-9-19/h13-14H,3-12H2,1-2H3,(H,20,27)(H,21,24)/t13?,14-,19?/m1/s1. The van der Waals surface area contributed by atoms with Crippen LogP contribution in [0.5, 0.6) is 0 Å². The zero-order valence-electron chi connectivity index (χ0n) is 16.7. The number of rotatable bonds is 5. The number of amides is 4. The molecule has 1 aliphatic carbocycles. The summed E-state index contributed by atoms with van der Waals surface area (Å²) < 4.78 is 5.07. The number of ether oxygens (including phenoxy) is 1. The molecule has 3 aliphatic rings. The highest BCUT2D eigenvalue weighted by atomic mass is 16.5. The first-order chi connectivity index (χ1) is 13.3. The number of carbonyl (C=O) groups excluding carboxylic acids is 4.